The number of anilines is 3. The minimum atomic E-state index is -0.298. The predicted molar refractivity (Wildman–Crippen MR) is 96.4 cm³/mol. The Morgan fingerprint density at radius 3 is 2.50 bits per heavy atom. The van der Waals surface area contributed by atoms with Crippen molar-refractivity contribution in [1.82, 2.24) is 15.2 Å². The van der Waals surface area contributed by atoms with E-state index in [1.807, 2.05) is 18.2 Å². The maximum Gasteiger partial charge on any atom is 0.244 e. The van der Waals surface area contributed by atoms with Crippen molar-refractivity contribution in [3.05, 3.63) is 60.0 Å². The molecule has 7 nitrogen and oxygen atoms in total. The van der Waals surface area contributed by atoms with E-state index in [1.54, 1.807) is 26.4 Å². The van der Waals surface area contributed by atoms with Crippen LogP contribution in [0.4, 0.5) is 21.8 Å². The highest BCUT2D eigenvalue weighted by Crippen LogP contribution is 2.27. The highest BCUT2D eigenvalue weighted by molar-refractivity contribution is 5.55. The Balaban J connectivity index is 1.66. The van der Waals surface area contributed by atoms with E-state index in [9.17, 15) is 4.39 Å². The molecule has 0 unspecified atom stereocenters. The third kappa shape index (κ3) is 4.35. The molecule has 0 fully saturated rings. The van der Waals surface area contributed by atoms with Crippen LogP contribution < -0.4 is 20.1 Å². The monoisotopic (exact) mass is 355 g/mol. The number of halogens is 1. The number of aromatic nitrogens is 3. The van der Waals surface area contributed by atoms with Crippen LogP contribution in [-0.4, -0.2) is 29.4 Å². The standard InChI is InChI=1S/C18H18FN5O2/c1-25-15-8-3-12(9-16(15)26-2)10-20-18-23-17(11-21-24-18)22-14-6-4-13(19)5-7-14/h3-9,11H,10H2,1-2H3,(H2,20,22,23,24). The van der Waals surface area contributed by atoms with Gasteiger partial charge in [-0.1, -0.05) is 6.07 Å². The van der Waals surface area contributed by atoms with Crippen molar-refractivity contribution in [2.75, 3.05) is 24.9 Å². The molecule has 134 valence electrons. The summed E-state index contributed by atoms with van der Waals surface area (Å²) in [5, 5.41) is 14.0. The predicted octanol–water partition coefficient (Wildman–Crippen LogP) is 3.38. The molecule has 0 aliphatic rings. The van der Waals surface area contributed by atoms with Gasteiger partial charge in [0.15, 0.2) is 17.3 Å². The summed E-state index contributed by atoms with van der Waals surface area (Å²) in [6, 6.07) is 11.6. The zero-order valence-corrected chi connectivity index (χ0v) is 14.4. The van der Waals surface area contributed by atoms with Crippen molar-refractivity contribution in [2.24, 2.45) is 0 Å². The Hall–Kier alpha value is -3.42. The fourth-order valence-corrected chi connectivity index (χ4v) is 2.29. The van der Waals surface area contributed by atoms with E-state index in [0.29, 0.717) is 35.5 Å². The van der Waals surface area contributed by atoms with Crippen molar-refractivity contribution in [3.8, 4) is 11.5 Å². The normalized spacial score (nSPS) is 10.3. The van der Waals surface area contributed by atoms with Crippen molar-refractivity contribution < 1.29 is 13.9 Å². The molecule has 0 aliphatic carbocycles. The number of rotatable bonds is 7. The topological polar surface area (TPSA) is 81.2 Å². The van der Waals surface area contributed by atoms with Gasteiger partial charge in [0.1, 0.15) is 5.82 Å². The van der Waals surface area contributed by atoms with Crippen LogP contribution in [0.5, 0.6) is 11.5 Å². The number of ether oxygens (including phenoxy) is 2. The molecule has 0 aliphatic heterocycles. The van der Waals surface area contributed by atoms with Crippen LogP contribution >= 0.6 is 0 Å². The summed E-state index contributed by atoms with van der Waals surface area (Å²) in [5.74, 6) is 1.89. The first kappa shape index (κ1) is 17.4. The molecule has 8 heteroatoms. The largest absolute Gasteiger partial charge is 0.493 e. The van der Waals surface area contributed by atoms with Crippen LogP contribution in [-0.2, 0) is 6.54 Å². The average Bonchev–Trinajstić information content (AvgIpc) is 2.68. The third-order valence-electron chi connectivity index (χ3n) is 3.57. The van der Waals surface area contributed by atoms with Gasteiger partial charge in [-0.05, 0) is 42.0 Å². The van der Waals surface area contributed by atoms with Gasteiger partial charge >= 0.3 is 0 Å². The number of benzene rings is 2. The Morgan fingerprint density at radius 2 is 1.77 bits per heavy atom. The lowest BCUT2D eigenvalue weighted by molar-refractivity contribution is 0.354. The van der Waals surface area contributed by atoms with Gasteiger partial charge in [-0.3, -0.25) is 0 Å². The van der Waals surface area contributed by atoms with Crippen LogP contribution in [0.15, 0.2) is 48.7 Å². The van der Waals surface area contributed by atoms with E-state index < -0.39 is 0 Å². The minimum Gasteiger partial charge on any atom is -0.493 e. The molecular weight excluding hydrogens is 337 g/mol. The van der Waals surface area contributed by atoms with Crippen molar-refractivity contribution in [3.63, 3.8) is 0 Å². The Labute approximate surface area is 150 Å². The summed E-state index contributed by atoms with van der Waals surface area (Å²) in [5.41, 5.74) is 1.68. The van der Waals surface area contributed by atoms with Crippen LogP contribution in [0, 0.1) is 5.82 Å². The minimum absolute atomic E-state index is 0.298. The van der Waals surface area contributed by atoms with Gasteiger partial charge in [-0.2, -0.15) is 10.1 Å². The fraction of sp³-hybridized carbons (Fsp3) is 0.167. The Bertz CT molecular complexity index is 874. The van der Waals surface area contributed by atoms with Gasteiger partial charge in [-0.25, -0.2) is 4.39 Å². The second-order valence-electron chi connectivity index (χ2n) is 5.34. The maximum atomic E-state index is 13.0. The van der Waals surface area contributed by atoms with Crippen LogP contribution in [0.25, 0.3) is 0 Å². The summed E-state index contributed by atoms with van der Waals surface area (Å²) in [6.45, 7) is 0.488. The lowest BCUT2D eigenvalue weighted by Gasteiger charge is -2.10. The summed E-state index contributed by atoms with van der Waals surface area (Å²) < 4.78 is 23.5. The van der Waals surface area contributed by atoms with Crippen LogP contribution in [0.1, 0.15) is 5.56 Å². The van der Waals surface area contributed by atoms with Crippen LogP contribution in [0.3, 0.4) is 0 Å². The maximum absolute atomic E-state index is 13.0. The molecule has 0 spiro atoms. The van der Waals surface area contributed by atoms with E-state index in [0.717, 1.165) is 5.56 Å². The van der Waals surface area contributed by atoms with E-state index in [4.69, 9.17) is 9.47 Å². The van der Waals surface area contributed by atoms with E-state index in [1.165, 1.54) is 18.3 Å². The molecule has 0 saturated carbocycles. The number of hydrogen-bond acceptors (Lipinski definition) is 7. The molecule has 0 amide bonds. The molecule has 1 heterocycles. The molecule has 3 aromatic rings. The second kappa shape index (κ2) is 8.11. The molecule has 1 aromatic heterocycles. The summed E-state index contributed by atoms with van der Waals surface area (Å²) in [7, 11) is 3.18. The first-order valence-electron chi connectivity index (χ1n) is 7.85. The van der Waals surface area contributed by atoms with Gasteiger partial charge in [0.2, 0.25) is 5.95 Å². The van der Waals surface area contributed by atoms with E-state index in [-0.39, 0.29) is 5.82 Å². The smallest absolute Gasteiger partial charge is 0.244 e. The molecule has 0 saturated heterocycles. The van der Waals surface area contributed by atoms with E-state index >= 15 is 0 Å². The number of nitrogens with zero attached hydrogens (tertiary/aromatic N) is 3. The second-order valence-corrected chi connectivity index (χ2v) is 5.34. The van der Waals surface area contributed by atoms with Crippen molar-refractivity contribution in [2.45, 2.75) is 6.54 Å². The Kier molecular flexibility index (Phi) is 5.43. The van der Waals surface area contributed by atoms with Crippen LogP contribution in [0.2, 0.25) is 0 Å². The molecule has 0 bridgehead atoms. The lowest BCUT2D eigenvalue weighted by atomic mass is 10.2. The van der Waals surface area contributed by atoms with Crippen molar-refractivity contribution in [1.29, 1.82) is 0 Å². The summed E-state index contributed by atoms with van der Waals surface area (Å²) in [6.07, 6.45) is 1.49. The lowest BCUT2D eigenvalue weighted by Crippen LogP contribution is -2.06. The Morgan fingerprint density at radius 1 is 1.00 bits per heavy atom. The van der Waals surface area contributed by atoms with Gasteiger partial charge in [0, 0.05) is 12.2 Å². The van der Waals surface area contributed by atoms with Gasteiger partial charge in [0.05, 0.1) is 20.4 Å². The van der Waals surface area contributed by atoms with Gasteiger partial charge < -0.3 is 20.1 Å². The molecular formula is C18H18FN5O2. The molecule has 0 radical (unpaired) electrons. The highest BCUT2D eigenvalue weighted by atomic mass is 19.1. The first-order chi connectivity index (χ1) is 12.7. The van der Waals surface area contributed by atoms with Gasteiger partial charge in [-0.15, -0.1) is 5.10 Å². The van der Waals surface area contributed by atoms with Crippen molar-refractivity contribution >= 4 is 17.5 Å². The molecule has 26 heavy (non-hydrogen) atoms. The molecule has 3 rings (SSSR count). The quantitative estimate of drug-likeness (QED) is 0.672. The third-order valence-corrected chi connectivity index (χ3v) is 3.57. The first-order valence-corrected chi connectivity index (χ1v) is 7.85. The van der Waals surface area contributed by atoms with E-state index in [2.05, 4.69) is 25.8 Å². The molecule has 2 N–H and O–H groups in total. The average molecular weight is 355 g/mol. The SMILES string of the molecule is COc1ccc(CNc2nncc(Nc3ccc(F)cc3)n2)cc1OC. The van der Waals surface area contributed by atoms with Gasteiger partial charge in [0.25, 0.3) is 0 Å². The number of methoxy groups -OCH3 is 2. The summed E-state index contributed by atoms with van der Waals surface area (Å²) in [4.78, 5) is 4.34. The summed E-state index contributed by atoms with van der Waals surface area (Å²) >= 11 is 0. The number of nitrogens with one attached hydrogen (secondary N) is 2. The molecule has 2 aromatic carbocycles. The highest BCUT2D eigenvalue weighted by Gasteiger charge is 2.06. The molecule has 0 atom stereocenters. The fourth-order valence-electron chi connectivity index (χ4n) is 2.29. The zero-order chi connectivity index (χ0) is 18.4. The zero-order valence-electron chi connectivity index (χ0n) is 14.4. The number of hydrogen-bond donors (Lipinski definition) is 2.